The van der Waals surface area contributed by atoms with E-state index in [0.29, 0.717) is 6.42 Å². The Labute approximate surface area is 115 Å². The second kappa shape index (κ2) is 5.16. The van der Waals surface area contributed by atoms with Crippen LogP contribution in [0, 0.1) is 0 Å². The summed E-state index contributed by atoms with van der Waals surface area (Å²) < 4.78 is 0. The van der Waals surface area contributed by atoms with Gasteiger partial charge < -0.3 is 0 Å². The number of fused-ring (bicyclic) bond motifs is 1. The summed E-state index contributed by atoms with van der Waals surface area (Å²) in [6.45, 7) is 8.68. The Morgan fingerprint density at radius 3 is 2.21 bits per heavy atom. The Morgan fingerprint density at radius 1 is 1.00 bits per heavy atom. The highest BCUT2D eigenvalue weighted by atomic mass is 16.1. The maximum Gasteiger partial charge on any atom is 0.163 e. The molecule has 2 aromatic carbocycles. The van der Waals surface area contributed by atoms with Gasteiger partial charge in [0.05, 0.1) is 0 Å². The first-order valence-corrected chi connectivity index (χ1v) is 7.00. The molecule has 0 unspecified atom stereocenters. The minimum atomic E-state index is 0.0892. The molecule has 0 aromatic heterocycles. The monoisotopic (exact) mass is 254 g/mol. The summed E-state index contributed by atoms with van der Waals surface area (Å²) in [5.74, 6) is 0.249. The number of ketones is 1. The van der Waals surface area contributed by atoms with Crippen molar-refractivity contribution >= 4 is 16.6 Å². The maximum atomic E-state index is 12.2. The molecule has 0 aliphatic carbocycles. The third-order valence-electron chi connectivity index (χ3n) is 3.51. The second-order valence-electron chi connectivity index (χ2n) is 6.13. The maximum absolute atomic E-state index is 12.2. The first-order valence-electron chi connectivity index (χ1n) is 7.00. The van der Waals surface area contributed by atoms with Crippen LogP contribution in [0.2, 0.25) is 0 Å². The van der Waals surface area contributed by atoms with E-state index in [1.165, 1.54) is 10.9 Å². The molecule has 0 heterocycles. The minimum absolute atomic E-state index is 0.0892. The average molecular weight is 254 g/mol. The number of rotatable bonds is 3. The van der Waals surface area contributed by atoms with Crippen LogP contribution in [-0.4, -0.2) is 5.78 Å². The lowest BCUT2D eigenvalue weighted by Crippen LogP contribution is -2.12. The molecule has 1 heteroatoms. The van der Waals surface area contributed by atoms with Crippen LogP contribution in [0.25, 0.3) is 10.8 Å². The first-order chi connectivity index (χ1) is 8.95. The van der Waals surface area contributed by atoms with E-state index < -0.39 is 0 Å². The van der Waals surface area contributed by atoms with E-state index in [1.54, 1.807) is 0 Å². The number of carbonyl (C=O) groups is 1. The Hall–Kier alpha value is -1.63. The zero-order valence-electron chi connectivity index (χ0n) is 12.3. The van der Waals surface area contributed by atoms with Gasteiger partial charge in [0.1, 0.15) is 0 Å². The van der Waals surface area contributed by atoms with Crippen LogP contribution < -0.4 is 0 Å². The van der Waals surface area contributed by atoms with Gasteiger partial charge in [-0.3, -0.25) is 4.79 Å². The molecule has 0 amide bonds. The van der Waals surface area contributed by atoms with Gasteiger partial charge in [-0.05, 0) is 28.2 Å². The zero-order valence-corrected chi connectivity index (χ0v) is 12.3. The van der Waals surface area contributed by atoms with Gasteiger partial charge >= 0.3 is 0 Å². The lowest BCUT2D eigenvalue weighted by atomic mass is 9.82. The van der Waals surface area contributed by atoms with Crippen molar-refractivity contribution in [3.8, 4) is 0 Å². The fourth-order valence-corrected chi connectivity index (χ4v) is 2.56. The van der Waals surface area contributed by atoms with Crippen LogP contribution in [0.5, 0.6) is 0 Å². The van der Waals surface area contributed by atoms with Gasteiger partial charge in [0, 0.05) is 12.0 Å². The van der Waals surface area contributed by atoms with Gasteiger partial charge in [-0.2, -0.15) is 0 Å². The molecule has 100 valence electrons. The molecule has 1 nitrogen and oxygen atoms in total. The Balaban J connectivity index is 2.69. The average Bonchev–Trinajstić information content (AvgIpc) is 2.36. The summed E-state index contributed by atoms with van der Waals surface area (Å²) in [5, 5.41) is 2.30. The predicted octanol–water partition coefficient (Wildman–Crippen LogP) is 5.12. The van der Waals surface area contributed by atoms with Gasteiger partial charge in [-0.25, -0.2) is 0 Å². The molecular weight excluding hydrogens is 232 g/mol. The number of carbonyl (C=O) groups excluding carboxylic acids is 1. The van der Waals surface area contributed by atoms with E-state index in [2.05, 4.69) is 39.0 Å². The molecule has 0 radical (unpaired) electrons. The van der Waals surface area contributed by atoms with Crippen molar-refractivity contribution < 1.29 is 4.79 Å². The summed E-state index contributed by atoms with van der Waals surface area (Å²) >= 11 is 0. The Morgan fingerprint density at radius 2 is 1.63 bits per heavy atom. The summed E-state index contributed by atoms with van der Waals surface area (Å²) in [4.78, 5) is 12.2. The smallest absolute Gasteiger partial charge is 0.163 e. The van der Waals surface area contributed by atoms with E-state index in [9.17, 15) is 4.79 Å². The quantitative estimate of drug-likeness (QED) is 0.695. The van der Waals surface area contributed by atoms with E-state index in [1.807, 2.05) is 25.1 Å². The molecule has 0 saturated heterocycles. The molecule has 2 rings (SSSR count). The summed E-state index contributed by atoms with van der Waals surface area (Å²) in [6, 6.07) is 12.4. The van der Waals surface area contributed by atoms with Crippen LogP contribution in [0.4, 0.5) is 0 Å². The van der Waals surface area contributed by atoms with E-state index >= 15 is 0 Å². The van der Waals surface area contributed by atoms with Gasteiger partial charge in [0.15, 0.2) is 5.78 Å². The minimum Gasteiger partial charge on any atom is -0.294 e. The number of hydrogen-bond donors (Lipinski definition) is 0. The molecule has 0 atom stereocenters. The van der Waals surface area contributed by atoms with Crippen molar-refractivity contribution in [1.29, 1.82) is 0 Å². The van der Waals surface area contributed by atoms with Gasteiger partial charge in [-0.1, -0.05) is 64.1 Å². The van der Waals surface area contributed by atoms with Gasteiger partial charge in [0.25, 0.3) is 0 Å². The fourth-order valence-electron chi connectivity index (χ4n) is 2.56. The standard InChI is InChI=1S/C18H22O/c1-5-8-17(19)15-11-12-16(18(2,3)4)14-10-7-6-9-13(14)15/h6-7,9-12H,5,8H2,1-4H3. The summed E-state index contributed by atoms with van der Waals surface area (Å²) in [6.07, 6.45) is 1.52. The third kappa shape index (κ3) is 2.70. The largest absolute Gasteiger partial charge is 0.294 e. The predicted molar refractivity (Wildman–Crippen MR) is 81.9 cm³/mol. The van der Waals surface area contributed by atoms with E-state index in [4.69, 9.17) is 0 Å². The molecule has 0 bridgehead atoms. The van der Waals surface area contributed by atoms with Crippen LogP contribution >= 0.6 is 0 Å². The number of benzene rings is 2. The highest BCUT2D eigenvalue weighted by molar-refractivity contribution is 6.09. The van der Waals surface area contributed by atoms with Crippen LogP contribution in [0.1, 0.15) is 56.5 Å². The molecule has 19 heavy (non-hydrogen) atoms. The number of hydrogen-bond acceptors (Lipinski definition) is 1. The topological polar surface area (TPSA) is 17.1 Å². The first kappa shape index (κ1) is 13.8. The van der Waals surface area contributed by atoms with Crippen molar-refractivity contribution in [1.82, 2.24) is 0 Å². The Bertz CT molecular complexity index is 603. The van der Waals surface area contributed by atoms with Crippen LogP contribution in [0.3, 0.4) is 0 Å². The van der Waals surface area contributed by atoms with Crippen LogP contribution in [0.15, 0.2) is 36.4 Å². The van der Waals surface area contributed by atoms with E-state index in [0.717, 1.165) is 17.4 Å². The van der Waals surface area contributed by atoms with Crippen molar-refractivity contribution in [3.05, 3.63) is 47.5 Å². The SMILES string of the molecule is CCCC(=O)c1ccc(C(C)(C)C)c2ccccc12. The Kier molecular flexibility index (Phi) is 3.75. The van der Waals surface area contributed by atoms with Crippen molar-refractivity contribution in [2.75, 3.05) is 0 Å². The van der Waals surface area contributed by atoms with Crippen molar-refractivity contribution in [3.63, 3.8) is 0 Å². The normalized spacial score (nSPS) is 11.8. The zero-order chi connectivity index (χ0) is 14.0. The van der Waals surface area contributed by atoms with E-state index in [-0.39, 0.29) is 11.2 Å². The number of Topliss-reactive ketones (excluding diaryl/α,β-unsaturated/α-hetero) is 1. The third-order valence-corrected chi connectivity index (χ3v) is 3.51. The molecule has 0 N–H and O–H groups in total. The molecule has 0 fully saturated rings. The van der Waals surface area contributed by atoms with Crippen molar-refractivity contribution in [2.24, 2.45) is 0 Å². The van der Waals surface area contributed by atoms with Crippen molar-refractivity contribution in [2.45, 2.75) is 46.0 Å². The molecule has 0 spiro atoms. The molecule has 0 aliphatic heterocycles. The highest BCUT2D eigenvalue weighted by Crippen LogP contribution is 2.32. The van der Waals surface area contributed by atoms with Crippen LogP contribution in [-0.2, 0) is 5.41 Å². The van der Waals surface area contributed by atoms with Gasteiger partial charge in [-0.15, -0.1) is 0 Å². The van der Waals surface area contributed by atoms with Gasteiger partial charge in [0.2, 0.25) is 0 Å². The fraction of sp³-hybridized carbons (Fsp3) is 0.389. The second-order valence-corrected chi connectivity index (χ2v) is 6.13. The molecule has 2 aromatic rings. The lowest BCUT2D eigenvalue weighted by Gasteiger charge is -2.22. The summed E-state index contributed by atoms with van der Waals surface area (Å²) in [5.41, 5.74) is 2.26. The molecule has 0 saturated carbocycles. The summed E-state index contributed by atoms with van der Waals surface area (Å²) in [7, 11) is 0. The highest BCUT2D eigenvalue weighted by Gasteiger charge is 2.19. The lowest BCUT2D eigenvalue weighted by molar-refractivity contribution is 0.0983. The molecule has 0 aliphatic rings. The molecular formula is C18H22O.